The smallest absolute Gasteiger partial charge is 0.119 e. The van der Waals surface area contributed by atoms with Gasteiger partial charge < -0.3 is 14.4 Å². The third-order valence-electron chi connectivity index (χ3n) is 4.22. The zero-order valence-electron chi connectivity index (χ0n) is 12.0. The lowest BCUT2D eigenvalue weighted by Crippen LogP contribution is -2.27. The molecule has 4 heteroatoms. The first-order chi connectivity index (χ1) is 9.66. The molecule has 1 aromatic heterocycles. The predicted molar refractivity (Wildman–Crippen MR) is 76.8 cm³/mol. The van der Waals surface area contributed by atoms with Gasteiger partial charge in [-0.1, -0.05) is 6.07 Å². The van der Waals surface area contributed by atoms with Crippen molar-refractivity contribution in [2.45, 2.75) is 38.3 Å². The minimum atomic E-state index is -0.831. The van der Waals surface area contributed by atoms with E-state index in [1.54, 1.807) is 13.3 Å². The van der Waals surface area contributed by atoms with E-state index in [9.17, 15) is 5.11 Å². The first-order valence-corrected chi connectivity index (χ1v) is 7.06. The van der Waals surface area contributed by atoms with E-state index in [1.165, 1.54) is 5.56 Å². The Hall–Kier alpha value is -1.81. The molecule has 0 radical (unpaired) electrons. The van der Waals surface area contributed by atoms with Gasteiger partial charge in [-0.2, -0.15) is 0 Å². The quantitative estimate of drug-likeness (QED) is 0.929. The largest absolute Gasteiger partial charge is 0.497 e. The molecule has 1 atom stereocenters. The highest BCUT2D eigenvalue weighted by molar-refractivity contribution is 5.43. The molecule has 0 bridgehead atoms. The summed E-state index contributed by atoms with van der Waals surface area (Å²) in [6.45, 7) is 2.96. The highest BCUT2D eigenvalue weighted by Crippen LogP contribution is 2.40. The van der Waals surface area contributed by atoms with Crippen molar-refractivity contribution >= 4 is 0 Å². The average Bonchev–Trinajstić information content (AvgIpc) is 3.04. The van der Waals surface area contributed by atoms with Crippen LogP contribution in [0.3, 0.4) is 0 Å². The monoisotopic (exact) mass is 272 g/mol. The summed E-state index contributed by atoms with van der Waals surface area (Å²) in [4.78, 5) is 4.38. The number of aromatic nitrogens is 2. The van der Waals surface area contributed by atoms with Crippen molar-refractivity contribution in [2.24, 2.45) is 0 Å². The molecule has 0 aliphatic heterocycles. The summed E-state index contributed by atoms with van der Waals surface area (Å²) in [7, 11) is 1.65. The third-order valence-corrected chi connectivity index (χ3v) is 4.22. The first-order valence-electron chi connectivity index (χ1n) is 7.06. The van der Waals surface area contributed by atoms with Crippen LogP contribution in [0.1, 0.15) is 30.3 Å². The van der Waals surface area contributed by atoms with Gasteiger partial charge in [0.05, 0.1) is 12.7 Å². The minimum absolute atomic E-state index is 0.550. The second-order valence-corrected chi connectivity index (χ2v) is 5.36. The second-order valence-electron chi connectivity index (χ2n) is 5.36. The number of ether oxygens (including phenoxy) is 1. The Balaban J connectivity index is 1.95. The highest BCUT2D eigenvalue weighted by Gasteiger charge is 2.38. The van der Waals surface area contributed by atoms with Crippen LogP contribution in [0, 0.1) is 0 Å². The highest BCUT2D eigenvalue weighted by atomic mass is 16.5. The molecule has 0 amide bonds. The summed E-state index contributed by atoms with van der Waals surface area (Å²) >= 11 is 0. The van der Waals surface area contributed by atoms with Crippen LogP contribution in [0.4, 0.5) is 0 Å². The van der Waals surface area contributed by atoms with Crippen molar-refractivity contribution in [1.29, 1.82) is 0 Å². The number of aryl methyl sites for hydroxylation is 2. The Morgan fingerprint density at radius 1 is 1.45 bits per heavy atom. The van der Waals surface area contributed by atoms with E-state index in [0.717, 1.165) is 36.5 Å². The van der Waals surface area contributed by atoms with Gasteiger partial charge >= 0.3 is 0 Å². The molecule has 1 N–H and O–H groups in total. The summed E-state index contributed by atoms with van der Waals surface area (Å²) in [6.07, 6.45) is 5.95. The van der Waals surface area contributed by atoms with Crippen LogP contribution in [0.25, 0.3) is 0 Å². The number of imidazole rings is 1. The fourth-order valence-corrected chi connectivity index (χ4v) is 3.05. The number of rotatable bonds is 4. The van der Waals surface area contributed by atoms with Crippen LogP contribution in [-0.4, -0.2) is 21.8 Å². The third kappa shape index (κ3) is 2.10. The van der Waals surface area contributed by atoms with Crippen molar-refractivity contribution in [3.8, 4) is 5.75 Å². The predicted octanol–water partition coefficient (Wildman–Crippen LogP) is 2.29. The molecular formula is C16H20N2O2. The lowest BCUT2D eigenvalue weighted by atomic mass is 9.92. The fourth-order valence-electron chi connectivity index (χ4n) is 3.05. The van der Waals surface area contributed by atoms with Crippen LogP contribution in [0.15, 0.2) is 30.6 Å². The van der Waals surface area contributed by atoms with Gasteiger partial charge in [-0.3, -0.25) is 0 Å². The SMILES string of the molecule is CCn1ccnc1CC1(O)CCc2ccc(OC)cc21. The van der Waals surface area contributed by atoms with Gasteiger partial charge in [0.25, 0.3) is 0 Å². The van der Waals surface area contributed by atoms with E-state index >= 15 is 0 Å². The van der Waals surface area contributed by atoms with Crippen molar-refractivity contribution in [3.63, 3.8) is 0 Å². The topological polar surface area (TPSA) is 47.3 Å². The lowest BCUT2D eigenvalue weighted by molar-refractivity contribution is 0.0359. The van der Waals surface area contributed by atoms with E-state index in [4.69, 9.17) is 4.74 Å². The summed E-state index contributed by atoms with van der Waals surface area (Å²) in [5.41, 5.74) is 1.37. The maximum absolute atomic E-state index is 11.0. The Bertz CT molecular complexity index is 621. The Morgan fingerprint density at radius 2 is 2.30 bits per heavy atom. The lowest BCUT2D eigenvalue weighted by Gasteiger charge is -2.24. The van der Waals surface area contributed by atoms with E-state index in [2.05, 4.69) is 22.5 Å². The van der Waals surface area contributed by atoms with Crippen LogP contribution < -0.4 is 4.74 Å². The van der Waals surface area contributed by atoms with Gasteiger partial charge in [0.15, 0.2) is 0 Å². The van der Waals surface area contributed by atoms with E-state index in [-0.39, 0.29) is 0 Å². The van der Waals surface area contributed by atoms with Crippen molar-refractivity contribution in [3.05, 3.63) is 47.5 Å². The molecule has 0 saturated heterocycles. The number of benzene rings is 1. The number of fused-ring (bicyclic) bond motifs is 1. The molecule has 1 aliphatic rings. The molecule has 0 saturated carbocycles. The molecule has 1 aromatic carbocycles. The molecule has 1 heterocycles. The normalized spacial score (nSPS) is 20.9. The fraction of sp³-hybridized carbons (Fsp3) is 0.438. The van der Waals surface area contributed by atoms with Crippen LogP contribution in [0.2, 0.25) is 0 Å². The summed E-state index contributed by atoms with van der Waals surface area (Å²) in [6, 6.07) is 5.97. The Morgan fingerprint density at radius 3 is 3.05 bits per heavy atom. The minimum Gasteiger partial charge on any atom is -0.497 e. The number of methoxy groups -OCH3 is 1. The van der Waals surface area contributed by atoms with Crippen LogP contribution in [0.5, 0.6) is 5.75 Å². The van der Waals surface area contributed by atoms with E-state index in [1.807, 2.05) is 18.3 Å². The molecule has 3 rings (SSSR count). The second kappa shape index (κ2) is 4.94. The molecule has 4 nitrogen and oxygen atoms in total. The van der Waals surface area contributed by atoms with Crippen LogP contribution >= 0.6 is 0 Å². The maximum atomic E-state index is 11.0. The van der Waals surface area contributed by atoms with Gasteiger partial charge in [-0.05, 0) is 43.0 Å². The molecule has 0 spiro atoms. The Kier molecular flexibility index (Phi) is 3.26. The summed E-state index contributed by atoms with van der Waals surface area (Å²) in [5, 5.41) is 11.0. The summed E-state index contributed by atoms with van der Waals surface area (Å²) < 4.78 is 7.36. The number of hydrogen-bond donors (Lipinski definition) is 1. The molecule has 20 heavy (non-hydrogen) atoms. The van der Waals surface area contributed by atoms with Gasteiger partial charge in [0, 0.05) is 25.4 Å². The Labute approximate surface area is 119 Å². The number of aliphatic hydroxyl groups is 1. The zero-order chi connectivity index (χ0) is 14.2. The van der Waals surface area contributed by atoms with E-state index < -0.39 is 5.60 Å². The maximum Gasteiger partial charge on any atom is 0.119 e. The van der Waals surface area contributed by atoms with Gasteiger partial charge in [0.1, 0.15) is 11.6 Å². The molecule has 0 fully saturated rings. The molecule has 106 valence electrons. The summed E-state index contributed by atoms with van der Waals surface area (Å²) in [5.74, 6) is 1.73. The van der Waals surface area contributed by atoms with Crippen LogP contribution in [-0.2, 0) is 25.0 Å². The first kappa shape index (κ1) is 13.2. The van der Waals surface area contributed by atoms with Crippen molar-refractivity contribution in [2.75, 3.05) is 7.11 Å². The number of nitrogens with zero attached hydrogens (tertiary/aromatic N) is 2. The van der Waals surface area contributed by atoms with Crippen molar-refractivity contribution < 1.29 is 9.84 Å². The van der Waals surface area contributed by atoms with E-state index in [0.29, 0.717) is 6.42 Å². The van der Waals surface area contributed by atoms with Gasteiger partial charge in [0.2, 0.25) is 0 Å². The molecule has 2 aromatic rings. The molecule has 1 aliphatic carbocycles. The van der Waals surface area contributed by atoms with Crippen molar-refractivity contribution in [1.82, 2.24) is 9.55 Å². The standard InChI is InChI=1S/C16H20N2O2/c1-3-18-9-8-17-15(18)11-16(19)7-6-12-4-5-13(20-2)10-14(12)16/h4-5,8-10,19H,3,6-7,11H2,1-2H3. The van der Waals surface area contributed by atoms with Gasteiger partial charge in [-0.15, -0.1) is 0 Å². The van der Waals surface area contributed by atoms with Gasteiger partial charge in [-0.25, -0.2) is 4.98 Å². The zero-order valence-corrected chi connectivity index (χ0v) is 12.0. The number of hydrogen-bond acceptors (Lipinski definition) is 3. The molecule has 1 unspecified atom stereocenters. The average molecular weight is 272 g/mol. The molecular weight excluding hydrogens is 252 g/mol.